The summed E-state index contributed by atoms with van der Waals surface area (Å²) in [6.45, 7) is 13.3. The SMILES string of the molecule is Cc1cccc(-c2ccc(COc3cccc([C@@H](CP(C)(=O)O)C4CC4)c3)cc2[C@@H](C)C(C)(C)C)c1. The van der Waals surface area contributed by atoms with Crippen LogP contribution in [0.1, 0.15) is 74.6 Å². The molecule has 0 aliphatic heterocycles. The quantitative estimate of drug-likeness (QED) is 0.296. The van der Waals surface area contributed by atoms with Crippen LogP contribution in [0.3, 0.4) is 0 Å². The largest absolute Gasteiger partial charge is 0.489 e. The van der Waals surface area contributed by atoms with Crippen molar-refractivity contribution in [1.82, 2.24) is 0 Å². The molecule has 1 aliphatic rings. The van der Waals surface area contributed by atoms with Gasteiger partial charge in [0.15, 0.2) is 7.37 Å². The van der Waals surface area contributed by atoms with Crippen molar-refractivity contribution in [1.29, 1.82) is 0 Å². The second kappa shape index (κ2) is 10.6. The van der Waals surface area contributed by atoms with E-state index >= 15 is 0 Å². The van der Waals surface area contributed by atoms with Crippen molar-refractivity contribution in [3.63, 3.8) is 0 Å². The molecule has 0 saturated heterocycles. The predicted octanol–water partition coefficient (Wildman–Crippen LogP) is 8.78. The highest BCUT2D eigenvalue weighted by Gasteiger charge is 2.35. The molecule has 3 aromatic carbocycles. The summed E-state index contributed by atoms with van der Waals surface area (Å²) in [5.74, 6) is 1.83. The monoisotopic (exact) mass is 504 g/mol. The summed E-state index contributed by atoms with van der Waals surface area (Å²) in [6.07, 6.45) is 2.62. The highest BCUT2D eigenvalue weighted by Crippen LogP contribution is 2.51. The van der Waals surface area contributed by atoms with Gasteiger partial charge in [0.05, 0.1) is 0 Å². The van der Waals surface area contributed by atoms with Crippen molar-refractivity contribution < 1.29 is 14.2 Å². The van der Waals surface area contributed by atoms with Crippen LogP contribution in [0.2, 0.25) is 0 Å². The normalized spacial score (nSPS) is 17.3. The third kappa shape index (κ3) is 6.90. The molecule has 0 radical (unpaired) electrons. The van der Waals surface area contributed by atoms with Crippen LogP contribution in [0.25, 0.3) is 11.1 Å². The Morgan fingerprint density at radius 2 is 1.75 bits per heavy atom. The van der Waals surface area contributed by atoms with Crippen molar-refractivity contribution in [2.24, 2.45) is 11.3 Å². The number of hydrogen-bond donors (Lipinski definition) is 1. The van der Waals surface area contributed by atoms with Crippen molar-refractivity contribution in [2.45, 2.75) is 65.9 Å². The molecule has 0 bridgehead atoms. The minimum atomic E-state index is -3.08. The van der Waals surface area contributed by atoms with Gasteiger partial charge in [-0.1, -0.05) is 87.9 Å². The lowest BCUT2D eigenvalue weighted by molar-refractivity contribution is 0.304. The topological polar surface area (TPSA) is 46.5 Å². The standard InChI is InChI=1S/C32H41O3P/c1-22-9-7-10-26(17-22)29-16-13-24(18-30(29)23(2)32(3,4)5)20-35-28-12-8-11-27(19-28)31(25-14-15-25)21-36(6,33)34/h7-13,16-19,23,25,31H,14-15,20-21H2,1-6H3,(H,33,34)/t23-,31+/m1/s1. The minimum Gasteiger partial charge on any atom is -0.489 e. The van der Waals surface area contributed by atoms with E-state index in [-0.39, 0.29) is 11.3 Å². The molecule has 4 heteroatoms. The van der Waals surface area contributed by atoms with Gasteiger partial charge in [0.25, 0.3) is 0 Å². The van der Waals surface area contributed by atoms with Gasteiger partial charge in [0.2, 0.25) is 0 Å². The summed E-state index contributed by atoms with van der Waals surface area (Å²) in [5, 5.41) is 0. The van der Waals surface area contributed by atoms with Gasteiger partial charge >= 0.3 is 0 Å². The minimum absolute atomic E-state index is 0.127. The summed E-state index contributed by atoms with van der Waals surface area (Å²) in [5.41, 5.74) is 7.54. The molecule has 3 atom stereocenters. The van der Waals surface area contributed by atoms with E-state index in [4.69, 9.17) is 4.74 Å². The Hall–Kier alpha value is -2.35. The first-order valence-corrected chi connectivity index (χ1v) is 15.4. The van der Waals surface area contributed by atoms with Crippen LogP contribution in [0.4, 0.5) is 0 Å². The van der Waals surface area contributed by atoms with Gasteiger partial charge in [-0.05, 0) is 82.9 Å². The molecule has 0 spiro atoms. The fourth-order valence-electron chi connectivity index (χ4n) is 4.99. The van der Waals surface area contributed by atoms with Crippen LogP contribution < -0.4 is 4.74 Å². The lowest BCUT2D eigenvalue weighted by atomic mass is 9.75. The number of hydrogen-bond acceptors (Lipinski definition) is 2. The molecular weight excluding hydrogens is 463 g/mol. The van der Waals surface area contributed by atoms with E-state index in [0.29, 0.717) is 24.6 Å². The van der Waals surface area contributed by atoms with E-state index < -0.39 is 7.37 Å². The predicted molar refractivity (Wildman–Crippen MR) is 151 cm³/mol. The van der Waals surface area contributed by atoms with Crippen LogP contribution in [0.15, 0.2) is 66.7 Å². The van der Waals surface area contributed by atoms with Gasteiger partial charge in [-0.2, -0.15) is 0 Å². The van der Waals surface area contributed by atoms with Crippen molar-refractivity contribution in [3.05, 3.63) is 89.0 Å². The van der Waals surface area contributed by atoms with Gasteiger partial charge in [-0.25, -0.2) is 0 Å². The highest BCUT2D eigenvalue weighted by molar-refractivity contribution is 7.57. The molecule has 0 amide bonds. The fraction of sp³-hybridized carbons (Fsp3) is 0.438. The van der Waals surface area contributed by atoms with E-state index in [1.54, 1.807) is 0 Å². The van der Waals surface area contributed by atoms with Gasteiger partial charge in [0.1, 0.15) is 12.4 Å². The second-order valence-electron chi connectivity index (χ2n) is 11.9. The molecule has 0 aromatic heterocycles. The molecule has 1 aliphatic carbocycles. The third-order valence-corrected chi connectivity index (χ3v) is 8.70. The molecule has 1 saturated carbocycles. The Labute approximate surface area is 217 Å². The Morgan fingerprint density at radius 3 is 2.39 bits per heavy atom. The molecule has 1 unspecified atom stereocenters. The van der Waals surface area contributed by atoms with Gasteiger partial charge < -0.3 is 9.63 Å². The molecule has 1 N–H and O–H groups in total. The van der Waals surface area contributed by atoms with E-state index in [2.05, 4.69) is 89.2 Å². The molecular formula is C32H41O3P. The fourth-order valence-corrected chi connectivity index (χ4v) is 6.23. The van der Waals surface area contributed by atoms with E-state index in [1.807, 2.05) is 12.1 Å². The van der Waals surface area contributed by atoms with Crippen molar-refractivity contribution >= 4 is 7.37 Å². The van der Waals surface area contributed by atoms with Crippen LogP contribution in [-0.4, -0.2) is 17.7 Å². The van der Waals surface area contributed by atoms with Crippen LogP contribution in [-0.2, 0) is 11.2 Å². The molecule has 3 aromatic rings. The Bertz CT molecular complexity index is 1250. The summed E-state index contributed by atoms with van der Waals surface area (Å²) >= 11 is 0. The van der Waals surface area contributed by atoms with Gasteiger partial charge in [-0.3, -0.25) is 4.57 Å². The van der Waals surface area contributed by atoms with Crippen molar-refractivity contribution in [2.75, 3.05) is 12.8 Å². The third-order valence-electron chi connectivity index (χ3n) is 7.63. The average molecular weight is 505 g/mol. The number of ether oxygens (including phenoxy) is 1. The Morgan fingerprint density at radius 1 is 1.03 bits per heavy atom. The van der Waals surface area contributed by atoms with E-state index in [1.165, 1.54) is 28.9 Å². The number of aryl methyl sites for hydroxylation is 1. The van der Waals surface area contributed by atoms with Crippen LogP contribution in [0, 0.1) is 18.3 Å². The number of benzene rings is 3. The van der Waals surface area contributed by atoms with Crippen LogP contribution in [0.5, 0.6) is 5.75 Å². The van der Waals surface area contributed by atoms with Gasteiger partial charge in [-0.15, -0.1) is 0 Å². The molecule has 3 nitrogen and oxygen atoms in total. The van der Waals surface area contributed by atoms with Crippen LogP contribution >= 0.6 is 7.37 Å². The summed E-state index contributed by atoms with van der Waals surface area (Å²) < 4.78 is 18.4. The Kier molecular flexibility index (Phi) is 7.83. The molecule has 4 rings (SSSR count). The maximum Gasteiger partial charge on any atom is 0.198 e. The van der Waals surface area contributed by atoms with E-state index in [0.717, 1.165) is 29.7 Å². The molecule has 192 valence electrons. The first kappa shape index (κ1) is 26.7. The second-order valence-corrected chi connectivity index (χ2v) is 14.4. The zero-order valence-electron chi connectivity index (χ0n) is 22.6. The van der Waals surface area contributed by atoms with Gasteiger partial charge in [0, 0.05) is 12.8 Å². The lowest BCUT2D eigenvalue weighted by Crippen LogP contribution is -2.16. The number of rotatable bonds is 9. The summed E-state index contributed by atoms with van der Waals surface area (Å²) in [4.78, 5) is 10.0. The lowest BCUT2D eigenvalue weighted by Gasteiger charge is -2.30. The molecule has 36 heavy (non-hydrogen) atoms. The Balaban J connectivity index is 1.58. The smallest absolute Gasteiger partial charge is 0.198 e. The molecule has 1 fully saturated rings. The highest BCUT2D eigenvalue weighted by atomic mass is 31.2. The zero-order valence-corrected chi connectivity index (χ0v) is 23.5. The maximum atomic E-state index is 12.2. The molecule has 0 heterocycles. The summed E-state index contributed by atoms with van der Waals surface area (Å²) in [7, 11) is -3.08. The maximum absolute atomic E-state index is 12.2. The first-order chi connectivity index (χ1) is 16.9. The van der Waals surface area contributed by atoms with Crippen molar-refractivity contribution in [3.8, 4) is 16.9 Å². The zero-order chi connectivity index (χ0) is 26.1. The average Bonchev–Trinajstić information content (AvgIpc) is 3.65. The summed E-state index contributed by atoms with van der Waals surface area (Å²) in [6, 6.07) is 23.6. The first-order valence-electron chi connectivity index (χ1n) is 13.1. The van der Waals surface area contributed by atoms with E-state index in [9.17, 15) is 9.46 Å².